The molecule has 21 heavy (non-hydrogen) atoms. The predicted molar refractivity (Wildman–Crippen MR) is 86.8 cm³/mol. The van der Waals surface area contributed by atoms with Crippen LogP contribution in [0.2, 0.25) is 0 Å². The SMILES string of the molecule is CCNC(CC1CCCCO1)c1cccc(OC(C)C)c1. The van der Waals surface area contributed by atoms with Gasteiger partial charge in [0.15, 0.2) is 0 Å². The van der Waals surface area contributed by atoms with Gasteiger partial charge >= 0.3 is 0 Å². The summed E-state index contributed by atoms with van der Waals surface area (Å²) in [4.78, 5) is 0. The Hall–Kier alpha value is -1.06. The molecule has 118 valence electrons. The molecule has 2 unspecified atom stereocenters. The van der Waals surface area contributed by atoms with Crippen molar-refractivity contribution in [3.63, 3.8) is 0 Å². The fourth-order valence-electron chi connectivity index (χ4n) is 2.92. The van der Waals surface area contributed by atoms with Crippen LogP contribution in [-0.4, -0.2) is 25.4 Å². The molecule has 1 aromatic carbocycles. The molecule has 1 heterocycles. The standard InChI is InChI=1S/C18H29NO2/c1-4-19-18(13-16-9-5-6-11-20-16)15-8-7-10-17(12-15)21-14(2)3/h7-8,10,12,14,16,18-19H,4-6,9,11,13H2,1-3H3. The van der Waals surface area contributed by atoms with Crippen molar-refractivity contribution in [3.05, 3.63) is 29.8 Å². The van der Waals surface area contributed by atoms with Crippen LogP contribution in [0, 0.1) is 0 Å². The van der Waals surface area contributed by atoms with Gasteiger partial charge in [-0.15, -0.1) is 0 Å². The molecule has 1 N–H and O–H groups in total. The Balaban J connectivity index is 2.05. The first-order valence-electron chi connectivity index (χ1n) is 8.30. The summed E-state index contributed by atoms with van der Waals surface area (Å²) in [5, 5.41) is 3.59. The average Bonchev–Trinajstić information content (AvgIpc) is 2.47. The van der Waals surface area contributed by atoms with Gasteiger partial charge in [-0.25, -0.2) is 0 Å². The van der Waals surface area contributed by atoms with E-state index in [4.69, 9.17) is 9.47 Å². The van der Waals surface area contributed by atoms with Crippen LogP contribution in [0.25, 0.3) is 0 Å². The minimum atomic E-state index is 0.208. The molecule has 0 radical (unpaired) electrons. The van der Waals surface area contributed by atoms with Gasteiger partial charge in [0.25, 0.3) is 0 Å². The van der Waals surface area contributed by atoms with E-state index in [2.05, 4.69) is 44.3 Å². The van der Waals surface area contributed by atoms with Crippen LogP contribution < -0.4 is 10.1 Å². The second-order valence-corrected chi connectivity index (χ2v) is 6.07. The van der Waals surface area contributed by atoms with Crippen molar-refractivity contribution in [2.45, 2.75) is 64.7 Å². The second kappa shape index (κ2) is 8.40. The molecule has 1 aliphatic heterocycles. The van der Waals surface area contributed by atoms with Crippen LogP contribution in [0.5, 0.6) is 5.75 Å². The van der Waals surface area contributed by atoms with Gasteiger partial charge in [-0.05, 0) is 63.8 Å². The summed E-state index contributed by atoms with van der Waals surface area (Å²) in [6, 6.07) is 8.80. The Labute approximate surface area is 129 Å². The lowest BCUT2D eigenvalue weighted by molar-refractivity contribution is 0.00512. The normalized spacial score (nSPS) is 20.5. The minimum absolute atomic E-state index is 0.208. The van der Waals surface area contributed by atoms with E-state index in [1.807, 2.05) is 6.07 Å². The van der Waals surface area contributed by atoms with Crippen LogP contribution in [-0.2, 0) is 4.74 Å². The van der Waals surface area contributed by atoms with Crippen molar-refractivity contribution in [1.29, 1.82) is 0 Å². The molecule has 0 aromatic heterocycles. The van der Waals surface area contributed by atoms with Crippen molar-refractivity contribution >= 4 is 0 Å². The quantitative estimate of drug-likeness (QED) is 0.821. The van der Waals surface area contributed by atoms with Crippen LogP contribution in [0.3, 0.4) is 0 Å². The Morgan fingerprint density at radius 2 is 2.19 bits per heavy atom. The van der Waals surface area contributed by atoms with E-state index in [9.17, 15) is 0 Å². The molecule has 0 aliphatic carbocycles. The van der Waals surface area contributed by atoms with Crippen molar-refractivity contribution in [3.8, 4) is 5.75 Å². The Bertz CT molecular complexity index is 413. The smallest absolute Gasteiger partial charge is 0.120 e. The molecular weight excluding hydrogens is 262 g/mol. The lowest BCUT2D eigenvalue weighted by Gasteiger charge is -2.28. The summed E-state index contributed by atoms with van der Waals surface area (Å²) in [6.07, 6.45) is 5.32. The average molecular weight is 291 g/mol. The zero-order valence-electron chi connectivity index (χ0n) is 13.6. The highest BCUT2D eigenvalue weighted by atomic mass is 16.5. The van der Waals surface area contributed by atoms with Crippen molar-refractivity contribution in [1.82, 2.24) is 5.32 Å². The minimum Gasteiger partial charge on any atom is -0.491 e. The van der Waals surface area contributed by atoms with Gasteiger partial charge in [-0.1, -0.05) is 19.1 Å². The van der Waals surface area contributed by atoms with E-state index < -0.39 is 0 Å². The molecule has 3 nitrogen and oxygen atoms in total. The Kier molecular flexibility index (Phi) is 6.52. The summed E-state index contributed by atoms with van der Waals surface area (Å²) < 4.78 is 11.7. The second-order valence-electron chi connectivity index (χ2n) is 6.07. The van der Waals surface area contributed by atoms with E-state index in [1.165, 1.54) is 24.8 Å². The Morgan fingerprint density at radius 3 is 2.86 bits per heavy atom. The molecule has 0 spiro atoms. The number of rotatable bonds is 7. The largest absolute Gasteiger partial charge is 0.491 e. The van der Waals surface area contributed by atoms with Gasteiger partial charge in [-0.2, -0.15) is 0 Å². The van der Waals surface area contributed by atoms with Crippen molar-refractivity contribution < 1.29 is 9.47 Å². The maximum Gasteiger partial charge on any atom is 0.120 e. The number of benzene rings is 1. The monoisotopic (exact) mass is 291 g/mol. The molecule has 0 saturated carbocycles. The fourth-order valence-corrected chi connectivity index (χ4v) is 2.92. The lowest BCUT2D eigenvalue weighted by atomic mass is 9.96. The van der Waals surface area contributed by atoms with Crippen LogP contribution in [0.4, 0.5) is 0 Å². The summed E-state index contributed by atoms with van der Waals surface area (Å²) >= 11 is 0. The lowest BCUT2D eigenvalue weighted by Crippen LogP contribution is -2.28. The number of hydrogen-bond acceptors (Lipinski definition) is 3. The van der Waals surface area contributed by atoms with E-state index in [0.29, 0.717) is 12.1 Å². The van der Waals surface area contributed by atoms with Gasteiger partial charge in [0.1, 0.15) is 5.75 Å². The van der Waals surface area contributed by atoms with E-state index in [0.717, 1.165) is 25.3 Å². The third kappa shape index (κ3) is 5.33. The fraction of sp³-hybridized carbons (Fsp3) is 0.667. The molecule has 0 bridgehead atoms. The van der Waals surface area contributed by atoms with E-state index >= 15 is 0 Å². The van der Waals surface area contributed by atoms with Crippen LogP contribution >= 0.6 is 0 Å². The topological polar surface area (TPSA) is 30.5 Å². The highest BCUT2D eigenvalue weighted by Gasteiger charge is 2.20. The first kappa shape index (κ1) is 16.3. The molecule has 1 saturated heterocycles. The van der Waals surface area contributed by atoms with Gasteiger partial charge in [-0.3, -0.25) is 0 Å². The highest BCUT2D eigenvalue weighted by molar-refractivity contribution is 5.31. The number of ether oxygens (including phenoxy) is 2. The maximum atomic E-state index is 5.90. The summed E-state index contributed by atoms with van der Waals surface area (Å²) in [7, 11) is 0. The highest BCUT2D eigenvalue weighted by Crippen LogP contribution is 2.27. The van der Waals surface area contributed by atoms with Gasteiger partial charge in [0.05, 0.1) is 12.2 Å². The van der Waals surface area contributed by atoms with Crippen molar-refractivity contribution in [2.75, 3.05) is 13.2 Å². The first-order chi connectivity index (χ1) is 10.2. The molecule has 3 heteroatoms. The molecule has 1 aromatic rings. The molecular formula is C18H29NO2. The zero-order valence-corrected chi connectivity index (χ0v) is 13.6. The van der Waals surface area contributed by atoms with E-state index in [1.54, 1.807) is 0 Å². The summed E-state index contributed by atoms with van der Waals surface area (Å²) in [5.74, 6) is 0.954. The van der Waals surface area contributed by atoms with Crippen LogP contribution in [0.1, 0.15) is 58.1 Å². The molecule has 2 rings (SSSR count). The Morgan fingerprint density at radius 1 is 1.33 bits per heavy atom. The predicted octanol–water partition coefficient (Wildman–Crippen LogP) is 4.08. The van der Waals surface area contributed by atoms with Gasteiger partial charge in [0, 0.05) is 12.6 Å². The first-order valence-corrected chi connectivity index (χ1v) is 8.30. The third-order valence-corrected chi connectivity index (χ3v) is 3.86. The number of nitrogens with one attached hydrogen (secondary N) is 1. The zero-order chi connectivity index (χ0) is 15.1. The van der Waals surface area contributed by atoms with Crippen molar-refractivity contribution in [2.24, 2.45) is 0 Å². The molecule has 1 aliphatic rings. The molecule has 0 amide bonds. The summed E-state index contributed by atoms with van der Waals surface area (Å²) in [6.45, 7) is 8.16. The maximum absolute atomic E-state index is 5.90. The number of hydrogen-bond donors (Lipinski definition) is 1. The van der Waals surface area contributed by atoms with Crippen LogP contribution in [0.15, 0.2) is 24.3 Å². The van der Waals surface area contributed by atoms with Gasteiger partial charge < -0.3 is 14.8 Å². The third-order valence-electron chi connectivity index (χ3n) is 3.86. The summed E-state index contributed by atoms with van der Waals surface area (Å²) in [5.41, 5.74) is 1.30. The molecule has 1 fully saturated rings. The van der Waals surface area contributed by atoms with E-state index in [-0.39, 0.29) is 6.10 Å². The van der Waals surface area contributed by atoms with Gasteiger partial charge in [0.2, 0.25) is 0 Å². The molecule has 2 atom stereocenters.